The van der Waals surface area contributed by atoms with Crippen LogP contribution < -0.4 is 0 Å². The fourth-order valence-corrected chi connectivity index (χ4v) is 3.51. The zero-order chi connectivity index (χ0) is 13.4. The Hall–Kier alpha value is -1.12. The summed E-state index contributed by atoms with van der Waals surface area (Å²) < 4.78 is 0. The number of allylic oxidation sites excluding steroid dienone is 2. The Balaban J connectivity index is 2.47. The number of ketones is 1. The average molecular weight is 249 g/mol. The summed E-state index contributed by atoms with van der Waals surface area (Å²) >= 11 is 0. The molecule has 0 aromatic carbocycles. The minimum Gasteiger partial charge on any atom is -0.411 e. The summed E-state index contributed by atoms with van der Waals surface area (Å²) in [4.78, 5) is 12.8. The first-order chi connectivity index (χ1) is 8.43. The van der Waals surface area contributed by atoms with Crippen molar-refractivity contribution in [1.29, 1.82) is 0 Å². The minimum absolute atomic E-state index is 0.0201. The van der Waals surface area contributed by atoms with Crippen LogP contribution in [0.4, 0.5) is 0 Å². The third kappa shape index (κ3) is 1.90. The summed E-state index contributed by atoms with van der Waals surface area (Å²) in [5, 5.41) is 12.3. The number of nitrogens with zero attached hydrogens (tertiary/aromatic N) is 1. The topological polar surface area (TPSA) is 49.7 Å². The largest absolute Gasteiger partial charge is 0.411 e. The van der Waals surface area contributed by atoms with Gasteiger partial charge in [-0.05, 0) is 50.9 Å². The normalized spacial score (nSPS) is 34.5. The van der Waals surface area contributed by atoms with Crippen LogP contribution in [0.15, 0.2) is 16.8 Å². The Morgan fingerprint density at radius 2 is 2.00 bits per heavy atom. The number of carbonyl (C=O) groups is 1. The molecule has 1 saturated carbocycles. The van der Waals surface area contributed by atoms with E-state index in [0.717, 1.165) is 32.1 Å². The van der Waals surface area contributed by atoms with Crippen LogP contribution in [0, 0.1) is 10.8 Å². The quantitative estimate of drug-likeness (QED) is 0.404. The first-order valence-corrected chi connectivity index (χ1v) is 6.84. The van der Waals surface area contributed by atoms with Crippen LogP contribution in [-0.2, 0) is 4.79 Å². The van der Waals surface area contributed by atoms with Gasteiger partial charge < -0.3 is 5.21 Å². The fraction of sp³-hybridized carbons (Fsp3) is 0.733. The molecule has 3 nitrogen and oxygen atoms in total. The smallest absolute Gasteiger partial charge is 0.187 e. The zero-order valence-electron chi connectivity index (χ0n) is 11.6. The number of Topliss-reactive ketones (excluding diaryl/α,β-unsaturated/α-hetero) is 1. The number of hydrogen-bond acceptors (Lipinski definition) is 3. The Kier molecular flexibility index (Phi) is 3.35. The van der Waals surface area contributed by atoms with E-state index in [1.54, 1.807) is 0 Å². The van der Waals surface area contributed by atoms with Gasteiger partial charge in [0.05, 0.1) is 0 Å². The van der Waals surface area contributed by atoms with Gasteiger partial charge in [-0.15, -0.1) is 0 Å². The summed E-state index contributed by atoms with van der Waals surface area (Å²) in [5.74, 6) is 0.0799. The molecule has 2 rings (SSSR count). The highest BCUT2D eigenvalue weighted by molar-refractivity contribution is 6.41. The second-order valence-electron chi connectivity index (χ2n) is 6.45. The van der Waals surface area contributed by atoms with Crippen LogP contribution >= 0.6 is 0 Å². The molecule has 18 heavy (non-hydrogen) atoms. The summed E-state index contributed by atoms with van der Waals surface area (Å²) in [7, 11) is 0. The molecule has 2 aliphatic carbocycles. The maximum Gasteiger partial charge on any atom is 0.187 e. The minimum atomic E-state index is -0.357. The standard InChI is InChI=1S/C15H23NO2/c1-11-6-9-15(10-7-11)13(17)12(16-18)5-4-8-14(15,2)3/h6,18H,4-5,7-10H2,1-3H3. The molecular weight excluding hydrogens is 226 g/mol. The van der Waals surface area contributed by atoms with E-state index in [0.29, 0.717) is 12.1 Å². The van der Waals surface area contributed by atoms with Crippen molar-refractivity contribution in [3.8, 4) is 0 Å². The monoisotopic (exact) mass is 249 g/mol. The van der Waals surface area contributed by atoms with E-state index in [4.69, 9.17) is 5.21 Å². The zero-order valence-corrected chi connectivity index (χ0v) is 11.6. The number of hydrogen-bond donors (Lipinski definition) is 1. The number of rotatable bonds is 0. The van der Waals surface area contributed by atoms with Crippen LogP contribution in [-0.4, -0.2) is 16.7 Å². The molecule has 1 N–H and O–H groups in total. The van der Waals surface area contributed by atoms with Gasteiger partial charge in [-0.25, -0.2) is 0 Å². The van der Waals surface area contributed by atoms with Crippen molar-refractivity contribution in [2.24, 2.45) is 16.0 Å². The SMILES string of the molecule is CC1=CCC2(CC1)C(=O)C(=NO)CCCC2(C)C. The van der Waals surface area contributed by atoms with Crippen molar-refractivity contribution in [2.75, 3.05) is 0 Å². The van der Waals surface area contributed by atoms with E-state index in [1.165, 1.54) is 5.57 Å². The fourth-order valence-electron chi connectivity index (χ4n) is 3.51. The molecule has 1 fully saturated rings. The van der Waals surface area contributed by atoms with Crippen LogP contribution in [0.25, 0.3) is 0 Å². The summed E-state index contributed by atoms with van der Waals surface area (Å²) in [6.07, 6.45) is 7.43. The van der Waals surface area contributed by atoms with Gasteiger partial charge in [0.15, 0.2) is 5.78 Å². The van der Waals surface area contributed by atoms with Crippen LogP contribution in [0.1, 0.15) is 59.3 Å². The maximum absolute atomic E-state index is 12.8. The lowest BCUT2D eigenvalue weighted by Gasteiger charge is -2.46. The molecule has 2 aliphatic rings. The van der Waals surface area contributed by atoms with Gasteiger partial charge in [0.1, 0.15) is 5.71 Å². The Labute approximate surface area is 109 Å². The predicted octanol–water partition coefficient (Wildman–Crippen LogP) is 3.71. The molecule has 0 aromatic heterocycles. The van der Waals surface area contributed by atoms with Crippen molar-refractivity contribution >= 4 is 11.5 Å². The van der Waals surface area contributed by atoms with E-state index >= 15 is 0 Å². The van der Waals surface area contributed by atoms with Gasteiger partial charge in [-0.2, -0.15) is 0 Å². The van der Waals surface area contributed by atoms with E-state index in [2.05, 4.69) is 32.0 Å². The third-order valence-corrected chi connectivity index (χ3v) is 5.07. The van der Waals surface area contributed by atoms with E-state index in [-0.39, 0.29) is 16.6 Å². The highest BCUT2D eigenvalue weighted by atomic mass is 16.4. The Bertz CT molecular complexity index is 420. The Morgan fingerprint density at radius 3 is 2.56 bits per heavy atom. The van der Waals surface area contributed by atoms with Gasteiger partial charge in [0.25, 0.3) is 0 Å². The molecule has 0 aliphatic heterocycles. The highest BCUT2D eigenvalue weighted by Crippen LogP contribution is 2.54. The molecule has 1 unspecified atom stereocenters. The lowest BCUT2D eigenvalue weighted by Crippen LogP contribution is -2.46. The predicted molar refractivity (Wildman–Crippen MR) is 71.9 cm³/mol. The van der Waals surface area contributed by atoms with Gasteiger partial charge >= 0.3 is 0 Å². The lowest BCUT2D eigenvalue weighted by atomic mass is 9.56. The molecule has 0 heterocycles. The molecule has 3 heteroatoms. The van der Waals surface area contributed by atoms with E-state index in [1.807, 2.05) is 0 Å². The molecule has 0 saturated heterocycles. The molecule has 0 radical (unpaired) electrons. The molecule has 0 amide bonds. The van der Waals surface area contributed by atoms with Gasteiger partial charge in [-0.1, -0.05) is 30.7 Å². The maximum atomic E-state index is 12.8. The average Bonchev–Trinajstić information content (AvgIpc) is 2.42. The van der Waals surface area contributed by atoms with Crippen molar-refractivity contribution < 1.29 is 10.0 Å². The lowest BCUT2D eigenvalue weighted by molar-refractivity contribution is -0.129. The molecule has 0 aromatic rings. The molecular formula is C15H23NO2. The second kappa shape index (κ2) is 4.52. The van der Waals surface area contributed by atoms with E-state index in [9.17, 15) is 4.79 Å². The third-order valence-electron chi connectivity index (χ3n) is 5.07. The number of carbonyl (C=O) groups excluding carboxylic acids is 1. The first-order valence-electron chi connectivity index (χ1n) is 6.84. The highest BCUT2D eigenvalue weighted by Gasteiger charge is 2.52. The van der Waals surface area contributed by atoms with E-state index < -0.39 is 0 Å². The summed E-state index contributed by atoms with van der Waals surface area (Å²) in [6, 6.07) is 0. The molecule has 1 atom stereocenters. The van der Waals surface area contributed by atoms with Crippen LogP contribution in [0.2, 0.25) is 0 Å². The van der Waals surface area contributed by atoms with Crippen molar-refractivity contribution in [2.45, 2.75) is 59.3 Å². The van der Waals surface area contributed by atoms with Gasteiger partial charge in [0.2, 0.25) is 0 Å². The molecule has 100 valence electrons. The first kappa shape index (κ1) is 13.3. The van der Waals surface area contributed by atoms with Crippen LogP contribution in [0.5, 0.6) is 0 Å². The van der Waals surface area contributed by atoms with Gasteiger partial charge in [0, 0.05) is 5.41 Å². The summed E-state index contributed by atoms with van der Waals surface area (Å²) in [6.45, 7) is 6.52. The van der Waals surface area contributed by atoms with Crippen LogP contribution in [0.3, 0.4) is 0 Å². The van der Waals surface area contributed by atoms with Crippen molar-refractivity contribution in [3.05, 3.63) is 11.6 Å². The molecule has 1 spiro atoms. The second-order valence-corrected chi connectivity index (χ2v) is 6.45. The number of oxime groups is 1. The Morgan fingerprint density at radius 1 is 1.28 bits per heavy atom. The van der Waals surface area contributed by atoms with Gasteiger partial charge in [-0.3, -0.25) is 4.79 Å². The molecule has 0 bridgehead atoms. The van der Waals surface area contributed by atoms with Crippen molar-refractivity contribution in [3.63, 3.8) is 0 Å². The van der Waals surface area contributed by atoms with Crippen molar-refractivity contribution in [1.82, 2.24) is 0 Å². The summed E-state index contributed by atoms with van der Waals surface area (Å²) in [5.41, 5.74) is 1.38.